The summed E-state index contributed by atoms with van der Waals surface area (Å²) in [7, 11) is 0. The van der Waals surface area contributed by atoms with Crippen molar-refractivity contribution in [2.24, 2.45) is 0 Å². The van der Waals surface area contributed by atoms with E-state index in [4.69, 9.17) is 11.6 Å². The van der Waals surface area contributed by atoms with E-state index in [0.29, 0.717) is 17.0 Å². The Morgan fingerprint density at radius 2 is 1.81 bits per heavy atom. The molecule has 0 N–H and O–H groups in total. The second kappa shape index (κ2) is 6.05. The Hall–Kier alpha value is -0.820. The molecule has 0 atom stereocenters. The SMILES string of the molecule is CCCCCC(=O)c1cc(C)c(C)cc1Cl. The fourth-order valence-corrected chi connectivity index (χ4v) is 1.99. The second-order valence-electron chi connectivity index (χ2n) is 4.30. The molecule has 0 bridgehead atoms. The summed E-state index contributed by atoms with van der Waals surface area (Å²) in [5.41, 5.74) is 2.94. The number of Topliss-reactive ketones (excluding diaryl/α,β-unsaturated/α-hetero) is 1. The van der Waals surface area contributed by atoms with Crippen LogP contribution in [0, 0.1) is 13.8 Å². The second-order valence-corrected chi connectivity index (χ2v) is 4.70. The Kier molecular flexibility index (Phi) is 5.01. The highest BCUT2D eigenvalue weighted by Gasteiger charge is 2.11. The van der Waals surface area contributed by atoms with Gasteiger partial charge in [-0.3, -0.25) is 4.79 Å². The van der Waals surface area contributed by atoms with Gasteiger partial charge in [-0.05, 0) is 43.5 Å². The number of benzene rings is 1. The van der Waals surface area contributed by atoms with E-state index in [1.807, 2.05) is 26.0 Å². The summed E-state index contributed by atoms with van der Waals surface area (Å²) in [6, 6.07) is 3.79. The third kappa shape index (κ3) is 3.34. The number of aryl methyl sites for hydroxylation is 2. The van der Waals surface area contributed by atoms with E-state index in [9.17, 15) is 4.79 Å². The first-order valence-electron chi connectivity index (χ1n) is 5.86. The average Bonchev–Trinajstić information content (AvgIpc) is 2.23. The highest BCUT2D eigenvalue weighted by molar-refractivity contribution is 6.34. The van der Waals surface area contributed by atoms with Crippen LogP contribution < -0.4 is 0 Å². The number of rotatable bonds is 5. The normalized spacial score (nSPS) is 10.5. The number of ketones is 1. The highest BCUT2D eigenvalue weighted by Crippen LogP contribution is 2.22. The Labute approximate surface area is 103 Å². The van der Waals surface area contributed by atoms with Crippen LogP contribution in [0.3, 0.4) is 0 Å². The lowest BCUT2D eigenvalue weighted by atomic mass is 10.0. The largest absolute Gasteiger partial charge is 0.294 e. The third-order valence-corrected chi connectivity index (χ3v) is 3.20. The van der Waals surface area contributed by atoms with Gasteiger partial charge in [0.2, 0.25) is 0 Å². The number of carbonyl (C=O) groups excluding carboxylic acids is 1. The van der Waals surface area contributed by atoms with Gasteiger partial charge in [0.15, 0.2) is 5.78 Å². The van der Waals surface area contributed by atoms with Crippen LogP contribution in [0.25, 0.3) is 0 Å². The van der Waals surface area contributed by atoms with Gasteiger partial charge >= 0.3 is 0 Å². The first kappa shape index (κ1) is 13.2. The Morgan fingerprint density at radius 1 is 1.19 bits per heavy atom. The monoisotopic (exact) mass is 238 g/mol. The predicted molar refractivity (Wildman–Crippen MR) is 69.4 cm³/mol. The summed E-state index contributed by atoms with van der Waals surface area (Å²) in [4.78, 5) is 11.9. The van der Waals surface area contributed by atoms with E-state index in [0.717, 1.165) is 30.4 Å². The highest BCUT2D eigenvalue weighted by atomic mass is 35.5. The molecule has 2 heteroatoms. The minimum absolute atomic E-state index is 0.168. The molecule has 1 rings (SSSR count). The van der Waals surface area contributed by atoms with Crippen molar-refractivity contribution in [3.8, 4) is 0 Å². The summed E-state index contributed by atoms with van der Waals surface area (Å²) in [5.74, 6) is 0.168. The number of halogens is 1. The minimum atomic E-state index is 0.168. The van der Waals surface area contributed by atoms with Crippen molar-refractivity contribution in [2.45, 2.75) is 46.5 Å². The zero-order chi connectivity index (χ0) is 12.1. The number of carbonyl (C=O) groups is 1. The van der Waals surface area contributed by atoms with Crippen molar-refractivity contribution in [3.63, 3.8) is 0 Å². The molecule has 0 unspecified atom stereocenters. The molecular formula is C14H19ClO. The van der Waals surface area contributed by atoms with Gasteiger partial charge < -0.3 is 0 Å². The van der Waals surface area contributed by atoms with Crippen LogP contribution >= 0.6 is 11.6 Å². The van der Waals surface area contributed by atoms with Crippen molar-refractivity contribution >= 4 is 17.4 Å². The molecule has 1 nitrogen and oxygen atoms in total. The Balaban J connectivity index is 2.79. The number of hydrogen-bond acceptors (Lipinski definition) is 1. The first-order chi connectivity index (χ1) is 7.56. The van der Waals surface area contributed by atoms with Crippen molar-refractivity contribution < 1.29 is 4.79 Å². The third-order valence-electron chi connectivity index (χ3n) is 2.89. The fraction of sp³-hybridized carbons (Fsp3) is 0.500. The summed E-state index contributed by atoms with van der Waals surface area (Å²) in [5, 5.41) is 0.588. The molecule has 0 aliphatic heterocycles. The van der Waals surface area contributed by atoms with E-state index in [2.05, 4.69) is 6.92 Å². The zero-order valence-corrected chi connectivity index (χ0v) is 11.0. The molecule has 0 saturated carbocycles. The maximum atomic E-state index is 11.9. The summed E-state index contributed by atoms with van der Waals surface area (Å²) < 4.78 is 0. The zero-order valence-electron chi connectivity index (χ0n) is 10.3. The molecule has 0 fully saturated rings. The maximum absolute atomic E-state index is 11.9. The molecular weight excluding hydrogens is 220 g/mol. The smallest absolute Gasteiger partial charge is 0.164 e. The topological polar surface area (TPSA) is 17.1 Å². The van der Waals surface area contributed by atoms with Crippen LogP contribution in [0.5, 0.6) is 0 Å². The van der Waals surface area contributed by atoms with Crippen molar-refractivity contribution in [2.75, 3.05) is 0 Å². The van der Waals surface area contributed by atoms with Gasteiger partial charge in [0.05, 0.1) is 5.02 Å². The molecule has 0 saturated heterocycles. The lowest BCUT2D eigenvalue weighted by Crippen LogP contribution is -2.01. The van der Waals surface area contributed by atoms with Gasteiger partial charge in [0, 0.05) is 12.0 Å². The van der Waals surface area contributed by atoms with E-state index in [1.165, 1.54) is 0 Å². The Bertz CT molecular complexity index is 383. The molecule has 1 aromatic carbocycles. The average molecular weight is 239 g/mol. The van der Waals surface area contributed by atoms with Crippen molar-refractivity contribution in [1.82, 2.24) is 0 Å². The summed E-state index contributed by atoms with van der Waals surface area (Å²) >= 11 is 6.09. The fourth-order valence-electron chi connectivity index (χ4n) is 1.66. The van der Waals surface area contributed by atoms with Gasteiger partial charge in [-0.15, -0.1) is 0 Å². The lowest BCUT2D eigenvalue weighted by molar-refractivity contribution is 0.0979. The van der Waals surface area contributed by atoms with Gasteiger partial charge in [-0.25, -0.2) is 0 Å². The van der Waals surface area contributed by atoms with Gasteiger partial charge in [-0.2, -0.15) is 0 Å². The molecule has 0 amide bonds. The van der Waals surface area contributed by atoms with Crippen LogP contribution in [0.1, 0.15) is 54.1 Å². The number of unbranched alkanes of at least 4 members (excludes halogenated alkanes) is 2. The molecule has 0 aliphatic rings. The molecule has 0 aromatic heterocycles. The van der Waals surface area contributed by atoms with E-state index in [-0.39, 0.29) is 5.78 Å². The van der Waals surface area contributed by atoms with Gasteiger partial charge in [0.1, 0.15) is 0 Å². The first-order valence-corrected chi connectivity index (χ1v) is 6.24. The molecule has 1 aromatic rings. The van der Waals surface area contributed by atoms with Gasteiger partial charge in [-0.1, -0.05) is 31.4 Å². The molecule has 0 heterocycles. The standard InChI is InChI=1S/C14H19ClO/c1-4-5-6-7-14(16)12-8-10(2)11(3)9-13(12)15/h8-9H,4-7H2,1-3H3. The van der Waals surface area contributed by atoms with Gasteiger partial charge in [0.25, 0.3) is 0 Å². The maximum Gasteiger partial charge on any atom is 0.164 e. The summed E-state index contributed by atoms with van der Waals surface area (Å²) in [6.45, 7) is 6.15. The quantitative estimate of drug-likeness (QED) is 0.536. The van der Waals surface area contributed by atoms with Crippen LogP contribution in [0.4, 0.5) is 0 Å². The molecule has 88 valence electrons. The summed E-state index contributed by atoms with van der Waals surface area (Å²) in [6.07, 6.45) is 3.80. The van der Waals surface area contributed by atoms with Crippen LogP contribution in [-0.2, 0) is 0 Å². The number of hydrogen-bond donors (Lipinski definition) is 0. The van der Waals surface area contributed by atoms with Crippen molar-refractivity contribution in [1.29, 1.82) is 0 Å². The Morgan fingerprint density at radius 3 is 2.44 bits per heavy atom. The minimum Gasteiger partial charge on any atom is -0.294 e. The van der Waals surface area contributed by atoms with E-state index < -0.39 is 0 Å². The lowest BCUT2D eigenvalue weighted by Gasteiger charge is -2.07. The molecule has 0 spiro atoms. The molecule has 0 radical (unpaired) electrons. The van der Waals surface area contributed by atoms with E-state index in [1.54, 1.807) is 0 Å². The van der Waals surface area contributed by atoms with Crippen LogP contribution in [0.2, 0.25) is 5.02 Å². The molecule has 16 heavy (non-hydrogen) atoms. The van der Waals surface area contributed by atoms with E-state index >= 15 is 0 Å². The predicted octanol–water partition coefficient (Wildman–Crippen LogP) is 4.72. The van der Waals surface area contributed by atoms with Crippen LogP contribution in [0.15, 0.2) is 12.1 Å². The van der Waals surface area contributed by atoms with Crippen LogP contribution in [-0.4, -0.2) is 5.78 Å². The molecule has 0 aliphatic carbocycles. The van der Waals surface area contributed by atoms with Crippen molar-refractivity contribution in [3.05, 3.63) is 33.8 Å².